The fourth-order valence-corrected chi connectivity index (χ4v) is 4.28. The number of carbonyl (C=O) groups is 1. The summed E-state index contributed by atoms with van der Waals surface area (Å²) >= 11 is 12.3. The van der Waals surface area contributed by atoms with Crippen LogP contribution in [0.3, 0.4) is 0 Å². The highest BCUT2D eigenvalue weighted by Gasteiger charge is 2.25. The molecule has 4 nitrogen and oxygen atoms in total. The number of nitrogens with one attached hydrogen (secondary N) is 1. The summed E-state index contributed by atoms with van der Waals surface area (Å²) in [6, 6.07) is 13.8. The molecule has 1 fully saturated rings. The van der Waals surface area contributed by atoms with Crippen LogP contribution in [0.4, 0.5) is 0 Å². The molecule has 0 unspecified atom stereocenters. The molecule has 0 saturated carbocycles. The number of ether oxygens (including phenoxy) is 1. The van der Waals surface area contributed by atoms with E-state index in [1.165, 1.54) is 5.56 Å². The van der Waals surface area contributed by atoms with E-state index >= 15 is 0 Å². The van der Waals surface area contributed by atoms with E-state index in [1.807, 2.05) is 31.2 Å². The Bertz CT molecular complexity index is 818. The van der Waals surface area contributed by atoms with Crippen molar-refractivity contribution >= 4 is 29.1 Å². The van der Waals surface area contributed by atoms with Crippen LogP contribution in [0.15, 0.2) is 42.5 Å². The van der Waals surface area contributed by atoms with Crippen LogP contribution in [0, 0.1) is 5.92 Å². The van der Waals surface area contributed by atoms with Crippen molar-refractivity contribution in [3.8, 4) is 5.75 Å². The molecule has 1 aliphatic rings. The van der Waals surface area contributed by atoms with Crippen molar-refractivity contribution in [1.29, 1.82) is 0 Å². The molecule has 1 N–H and O–H groups in total. The molecule has 0 atom stereocenters. The second kappa shape index (κ2) is 11.6. The molecule has 0 aliphatic carbocycles. The molecule has 30 heavy (non-hydrogen) atoms. The van der Waals surface area contributed by atoms with E-state index in [0.29, 0.717) is 23.2 Å². The molecule has 1 amide bonds. The van der Waals surface area contributed by atoms with Crippen molar-refractivity contribution < 1.29 is 9.53 Å². The maximum Gasteiger partial charge on any atom is 0.223 e. The molecule has 6 heteroatoms. The molecular formula is C24H30Cl2N2O2. The first-order valence-electron chi connectivity index (χ1n) is 10.7. The number of amides is 1. The van der Waals surface area contributed by atoms with Crippen LogP contribution in [0.1, 0.15) is 37.3 Å². The summed E-state index contributed by atoms with van der Waals surface area (Å²) in [4.78, 5) is 14.9. The third-order valence-electron chi connectivity index (χ3n) is 5.54. The maximum atomic E-state index is 12.5. The summed E-state index contributed by atoms with van der Waals surface area (Å²) < 4.78 is 5.46. The first-order valence-corrected chi connectivity index (χ1v) is 11.5. The van der Waals surface area contributed by atoms with Gasteiger partial charge in [0.25, 0.3) is 0 Å². The van der Waals surface area contributed by atoms with Crippen LogP contribution < -0.4 is 10.1 Å². The molecule has 3 rings (SSSR count). The Balaban J connectivity index is 1.34. The summed E-state index contributed by atoms with van der Waals surface area (Å²) in [5, 5.41) is 4.47. The number of piperidine rings is 1. The molecule has 2 aromatic rings. The average Bonchev–Trinajstić information content (AvgIpc) is 2.75. The van der Waals surface area contributed by atoms with Gasteiger partial charge in [-0.15, -0.1) is 0 Å². The Hall–Kier alpha value is -1.75. The number of hydrogen-bond acceptors (Lipinski definition) is 3. The number of halogens is 2. The third kappa shape index (κ3) is 6.90. The number of hydrogen-bond donors (Lipinski definition) is 1. The lowest BCUT2D eigenvalue weighted by atomic mass is 9.95. The van der Waals surface area contributed by atoms with Gasteiger partial charge in [0, 0.05) is 29.1 Å². The van der Waals surface area contributed by atoms with Gasteiger partial charge in [-0.1, -0.05) is 41.4 Å². The van der Waals surface area contributed by atoms with Crippen LogP contribution in [-0.2, 0) is 17.8 Å². The highest BCUT2D eigenvalue weighted by atomic mass is 35.5. The predicted molar refractivity (Wildman–Crippen MR) is 123 cm³/mol. The van der Waals surface area contributed by atoms with E-state index in [1.54, 1.807) is 6.07 Å². The van der Waals surface area contributed by atoms with Gasteiger partial charge in [-0.2, -0.15) is 0 Å². The minimum atomic E-state index is 0.104. The fourth-order valence-electron chi connectivity index (χ4n) is 3.81. The molecule has 162 valence electrons. The first-order chi connectivity index (χ1) is 14.5. The van der Waals surface area contributed by atoms with E-state index in [-0.39, 0.29) is 11.8 Å². The van der Waals surface area contributed by atoms with Crippen molar-refractivity contribution in [2.24, 2.45) is 5.92 Å². The molecule has 2 aromatic carbocycles. The van der Waals surface area contributed by atoms with E-state index in [4.69, 9.17) is 27.9 Å². The quantitative estimate of drug-likeness (QED) is 0.525. The predicted octanol–water partition coefficient (Wildman–Crippen LogP) is 5.35. The lowest BCUT2D eigenvalue weighted by Gasteiger charge is -2.31. The second-order valence-electron chi connectivity index (χ2n) is 7.76. The van der Waals surface area contributed by atoms with Gasteiger partial charge < -0.3 is 10.1 Å². The Morgan fingerprint density at radius 1 is 1.13 bits per heavy atom. The SMILES string of the molecule is CCOc1ccc(CCCNC(=O)C2CCN(Cc3ccc(Cl)cc3Cl)CC2)cc1. The summed E-state index contributed by atoms with van der Waals surface area (Å²) in [5.74, 6) is 1.19. The molecule has 0 bridgehead atoms. The van der Waals surface area contributed by atoms with Crippen molar-refractivity contribution in [2.45, 2.75) is 39.2 Å². The average molecular weight is 449 g/mol. The van der Waals surface area contributed by atoms with E-state index in [2.05, 4.69) is 22.3 Å². The molecule has 1 aliphatic heterocycles. The van der Waals surface area contributed by atoms with Crippen LogP contribution in [0.5, 0.6) is 5.75 Å². The van der Waals surface area contributed by atoms with Crippen LogP contribution in [-0.4, -0.2) is 37.0 Å². The minimum absolute atomic E-state index is 0.104. The Morgan fingerprint density at radius 2 is 1.87 bits per heavy atom. The van der Waals surface area contributed by atoms with Crippen molar-refractivity contribution in [1.82, 2.24) is 10.2 Å². The third-order valence-corrected chi connectivity index (χ3v) is 6.13. The van der Waals surface area contributed by atoms with Crippen molar-refractivity contribution in [2.75, 3.05) is 26.2 Å². The van der Waals surface area contributed by atoms with Crippen LogP contribution in [0.25, 0.3) is 0 Å². The van der Waals surface area contributed by atoms with Gasteiger partial charge in [-0.3, -0.25) is 9.69 Å². The standard InChI is InChI=1S/C24H30Cl2N2O2/c1-2-30-22-9-5-18(6-10-22)4-3-13-27-24(29)19-11-14-28(15-12-19)17-20-7-8-21(25)16-23(20)26/h5-10,16,19H,2-4,11-15,17H2,1H3,(H,27,29). The molecule has 1 heterocycles. The van der Waals surface area contributed by atoms with Crippen LogP contribution in [0.2, 0.25) is 10.0 Å². The van der Waals surface area contributed by atoms with Gasteiger partial charge in [0.2, 0.25) is 5.91 Å². The zero-order chi connectivity index (χ0) is 21.3. The smallest absolute Gasteiger partial charge is 0.223 e. The minimum Gasteiger partial charge on any atom is -0.494 e. The number of nitrogens with zero attached hydrogens (tertiary/aromatic N) is 1. The molecule has 0 spiro atoms. The summed E-state index contributed by atoms with van der Waals surface area (Å²) in [6.45, 7) is 5.99. The van der Waals surface area contributed by atoms with Crippen LogP contribution >= 0.6 is 23.2 Å². The lowest BCUT2D eigenvalue weighted by Crippen LogP contribution is -2.40. The van der Waals surface area contributed by atoms with E-state index < -0.39 is 0 Å². The molecular weight excluding hydrogens is 419 g/mol. The first kappa shape index (κ1) is 22.9. The monoisotopic (exact) mass is 448 g/mol. The molecule has 0 radical (unpaired) electrons. The van der Waals surface area contributed by atoms with Gasteiger partial charge in [0.05, 0.1) is 6.61 Å². The number of aryl methyl sites for hydroxylation is 1. The maximum absolute atomic E-state index is 12.5. The van der Waals surface area contributed by atoms with Crippen molar-refractivity contribution in [3.63, 3.8) is 0 Å². The van der Waals surface area contributed by atoms with E-state index in [0.717, 1.165) is 56.6 Å². The second-order valence-corrected chi connectivity index (χ2v) is 8.60. The summed E-state index contributed by atoms with van der Waals surface area (Å²) in [5.41, 5.74) is 2.35. The van der Waals surface area contributed by atoms with E-state index in [9.17, 15) is 4.79 Å². The fraction of sp³-hybridized carbons (Fsp3) is 0.458. The van der Waals surface area contributed by atoms with Gasteiger partial charge in [0.1, 0.15) is 5.75 Å². The zero-order valence-electron chi connectivity index (χ0n) is 17.5. The van der Waals surface area contributed by atoms with Gasteiger partial charge in [0.15, 0.2) is 0 Å². The van der Waals surface area contributed by atoms with Gasteiger partial charge in [-0.05, 0) is 81.1 Å². The zero-order valence-corrected chi connectivity index (χ0v) is 19.0. The number of benzene rings is 2. The summed E-state index contributed by atoms with van der Waals surface area (Å²) in [7, 11) is 0. The summed E-state index contributed by atoms with van der Waals surface area (Å²) in [6.07, 6.45) is 3.66. The highest BCUT2D eigenvalue weighted by molar-refractivity contribution is 6.35. The van der Waals surface area contributed by atoms with Gasteiger partial charge in [-0.25, -0.2) is 0 Å². The highest BCUT2D eigenvalue weighted by Crippen LogP contribution is 2.25. The Labute approximate surface area is 189 Å². The topological polar surface area (TPSA) is 41.6 Å². The normalized spacial score (nSPS) is 15.2. The Morgan fingerprint density at radius 3 is 2.53 bits per heavy atom. The molecule has 0 aromatic heterocycles. The number of likely N-dealkylation sites (tertiary alicyclic amines) is 1. The number of rotatable bonds is 9. The molecule has 1 saturated heterocycles. The van der Waals surface area contributed by atoms with Crippen molar-refractivity contribution in [3.05, 3.63) is 63.6 Å². The lowest BCUT2D eigenvalue weighted by molar-refractivity contribution is -0.126. The number of carbonyl (C=O) groups excluding carboxylic acids is 1. The van der Waals surface area contributed by atoms with Gasteiger partial charge >= 0.3 is 0 Å². The Kier molecular flexibility index (Phi) is 8.86. The largest absolute Gasteiger partial charge is 0.494 e.